The number of likely N-dealkylation sites (tertiary alicyclic amines) is 1. The van der Waals surface area contributed by atoms with Crippen LogP contribution in [-0.4, -0.2) is 61.0 Å². The predicted molar refractivity (Wildman–Crippen MR) is 78.2 cm³/mol. The van der Waals surface area contributed by atoms with Crippen LogP contribution >= 0.6 is 0 Å². The summed E-state index contributed by atoms with van der Waals surface area (Å²) in [6.07, 6.45) is 7.27. The summed E-state index contributed by atoms with van der Waals surface area (Å²) in [5.74, 6) is 0.326. The molecule has 0 aromatic heterocycles. The van der Waals surface area contributed by atoms with Crippen molar-refractivity contribution < 1.29 is 4.79 Å². The normalized spacial score (nSPS) is 28.1. The molecular weight excluding hydrogens is 238 g/mol. The van der Waals surface area contributed by atoms with E-state index in [1.54, 1.807) is 0 Å². The Balaban J connectivity index is 1.78. The molecule has 4 nitrogen and oxygen atoms in total. The third-order valence-corrected chi connectivity index (χ3v) is 4.52. The molecule has 0 radical (unpaired) electrons. The van der Waals surface area contributed by atoms with Gasteiger partial charge < -0.3 is 10.2 Å². The smallest absolute Gasteiger partial charge is 0.236 e. The van der Waals surface area contributed by atoms with Gasteiger partial charge in [0.25, 0.3) is 0 Å². The maximum atomic E-state index is 12.4. The number of carbonyl (C=O) groups excluding carboxylic acids is 1. The molecule has 2 aliphatic rings. The van der Waals surface area contributed by atoms with E-state index in [4.69, 9.17) is 0 Å². The van der Waals surface area contributed by atoms with Gasteiger partial charge in [-0.3, -0.25) is 9.69 Å². The lowest BCUT2D eigenvalue weighted by Gasteiger charge is -2.36. The first-order valence-electron chi connectivity index (χ1n) is 7.92. The molecule has 2 rings (SSSR count). The van der Waals surface area contributed by atoms with Crippen molar-refractivity contribution in [1.29, 1.82) is 0 Å². The minimum Gasteiger partial charge on any atom is -0.339 e. The van der Waals surface area contributed by atoms with Crippen molar-refractivity contribution in [2.24, 2.45) is 0 Å². The molecule has 2 saturated heterocycles. The fourth-order valence-electron chi connectivity index (χ4n) is 3.43. The molecule has 2 fully saturated rings. The summed E-state index contributed by atoms with van der Waals surface area (Å²) in [6, 6.07) is 1.07. The van der Waals surface area contributed by atoms with Gasteiger partial charge in [-0.05, 0) is 52.1 Å². The number of carbonyl (C=O) groups is 1. The minimum atomic E-state index is 0.326. The summed E-state index contributed by atoms with van der Waals surface area (Å²) in [6.45, 7) is 5.87. The van der Waals surface area contributed by atoms with Crippen molar-refractivity contribution >= 4 is 5.91 Å². The maximum Gasteiger partial charge on any atom is 0.236 e. The largest absolute Gasteiger partial charge is 0.339 e. The molecular formula is C15H29N3O. The maximum absolute atomic E-state index is 12.4. The van der Waals surface area contributed by atoms with Gasteiger partial charge in [-0.25, -0.2) is 0 Å². The van der Waals surface area contributed by atoms with Gasteiger partial charge in [0.15, 0.2) is 0 Å². The molecule has 0 bridgehead atoms. The Morgan fingerprint density at radius 1 is 1.32 bits per heavy atom. The predicted octanol–water partition coefficient (Wildman–Crippen LogP) is 1.46. The Bertz CT molecular complexity index is 289. The van der Waals surface area contributed by atoms with E-state index in [-0.39, 0.29) is 0 Å². The highest BCUT2D eigenvalue weighted by Gasteiger charge is 2.26. The van der Waals surface area contributed by atoms with E-state index in [9.17, 15) is 4.79 Å². The van der Waals surface area contributed by atoms with Crippen LogP contribution in [0.5, 0.6) is 0 Å². The van der Waals surface area contributed by atoms with Gasteiger partial charge in [-0.1, -0.05) is 6.92 Å². The standard InChI is InChI=1S/C15H29N3O/c1-3-14-8-4-5-10-18(14)15(19)12-17(2)11-13-7-6-9-16-13/h13-14,16H,3-12H2,1-2H3. The first-order valence-corrected chi connectivity index (χ1v) is 7.92. The zero-order valence-electron chi connectivity index (χ0n) is 12.5. The summed E-state index contributed by atoms with van der Waals surface area (Å²) in [5.41, 5.74) is 0. The fraction of sp³-hybridized carbons (Fsp3) is 0.933. The quantitative estimate of drug-likeness (QED) is 0.819. The molecule has 0 aliphatic carbocycles. The molecule has 0 aromatic rings. The lowest BCUT2D eigenvalue weighted by Crippen LogP contribution is -2.48. The van der Waals surface area contributed by atoms with Crippen LogP contribution in [0, 0.1) is 0 Å². The second kappa shape index (κ2) is 7.25. The molecule has 4 heteroatoms. The van der Waals surface area contributed by atoms with Crippen LogP contribution in [0.1, 0.15) is 45.4 Å². The molecule has 1 N–H and O–H groups in total. The van der Waals surface area contributed by atoms with Crippen LogP contribution < -0.4 is 5.32 Å². The minimum absolute atomic E-state index is 0.326. The van der Waals surface area contributed by atoms with E-state index < -0.39 is 0 Å². The molecule has 0 saturated carbocycles. The van der Waals surface area contributed by atoms with Crippen LogP contribution in [0.2, 0.25) is 0 Å². The van der Waals surface area contributed by atoms with Crippen molar-refractivity contribution in [3.05, 3.63) is 0 Å². The van der Waals surface area contributed by atoms with E-state index in [0.717, 1.165) is 26.1 Å². The first-order chi connectivity index (χ1) is 9.20. The average Bonchev–Trinajstić information content (AvgIpc) is 2.91. The van der Waals surface area contributed by atoms with E-state index >= 15 is 0 Å². The molecule has 1 amide bonds. The Morgan fingerprint density at radius 2 is 2.16 bits per heavy atom. The molecule has 2 aliphatic heterocycles. The summed E-state index contributed by atoms with van der Waals surface area (Å²) in [7, 11) is 2.07. The fourth-order valence-corrected chi connectivity index (χ4v) is 3.43. The van der Waals surface area contributed by atoms with Crippen molar-refractivity contribution in [2.45, 2.75) is 57.5 Å². The molecule has 2 heterocycles. The van der Waals surface area contributed by atoms with Crippen LogP contribution in [0.25, 0.3) is 0 Å². The SMILES string of the molecule is CCC1CCCCN1C(=O)CN(C)CC1CCCN1. The lowest BCUT2D eigenvalue weighted by atomic mass is 10.00. The van der Waals surface area contributed by atoms with E-state index in [1.165, 1.54) is 32.1 Å². The van der Waals surface area contributed by atoms with Gasteiger partial charge in [0, 0.05) is 25.2 Å². The number of piperidine rings is 1. The van der Waals surface area contributed by atoms with Gasteiger partial charge in [-0.15, -0.1) is 0 Å². The third kappa shape index (κ3) is 4.18. The second-order valence-corrected chi connectivity index (χ2v) is 6.14. The number of rotatable bonds is 5. The van der Waals surface area contributed by atoms with Crippen LogP contribution in [-0.2, 0) is 4.79 Å². The molecule has 0 spiro atoms. The number of amides is 1. The third-order valence-electron chi connectivity index (χ3n) is 4.52. The zero-order chi connectivity index (χ0) is 13.7. The topological polar surface area (TPSA) is 35.6 Å². The average molecular weight is 267 g/mol. The van der Waals surface area contributed by atoms with Gasteiger partial charge in [0.2, 0.25) is 5.91 Å². The summed E-state index contributed by atoms with van der Waals surface area (Å²) >= 11 is 0. The van der Waals surface area contributed by atoms with E-state index in [1.807, 2.05) is 0 Å². The number of nitrogens with one attached hydrogen (secondary N) is 1. The number of hydrogen-bond acceptors (Lipinski definition) is 3. The molecule has 0 aromatic carbocycles. The monoisotopic (exact) mass is 267 g/mol. The highest BCUT2D eigenvalue weighted by Crippen LogP contribution is 2.19. The molecule has 19 heavy (non-hydrogen) atoms. The Kier molecular flexibility index (Phi) is 5.64. The van der Waals surface area contributed by atoms with Crippen LogP contribution in [0.4, 0.5) is 0 Å². The number of nitrogens with zero attached hydrogens (tertiary/aromatic N) is 2. The lowest BCUT2D eigenvalue weighted by molar-refractivity contribution is -0.135. The van der Waals surface area contributed by atoms with Crippen molar-refractivity contribution in [3.63, 3.8) is 0 Å². The number of likely N-dealkylation sites (N-methyl/N-ethyl adjacent to an activating group) is 1. The van der Waals surface area contributed by atoms with Gasteiger partial charge in [0.1, 0.15) is 0 Å². The Hall–Kier alpha value is -0.610. The highest BCUT2D eigenvalue weighted by molar-refractivity contribution is 5.78. The zero-order valence-corrected chi connectivity index (χ0v) is 12.5. The van der Waals surface area contributed by atoms with Crippen LogP contribution in [0.3, 0.4) is 0 Å². The Morgan fingerprint density at radius 3 is 2.84 bits per heavy atom. The summed E-state index contributed by atoms with van der Waals surface area (Å²) in [4.78, 5) is 16.7. The summed E-state index contributed by atoms with van der Waals surface area (Å²) < 4.78 is 0. The first kappa shape index (κ1) is 14.8. The number of hydrogen-bond donors (Lipinski definition) is 1. The van der Waals surface area contributed by atoms with E-state index in [0.29, 0.717) is 24.5 Å². The Labute approximate surface area is 117 Å². The molecule has 110 valence electrons. The molecule has 2 atom stereocenters. The van der Waals surface area contributed by atoms with Crippen molar-refractivity contribution in [2.75, 3.05) is 33.2 Å². The van der Waals surface area contributed by atoms with E-state index in [2.05, 4.69) is 29.1 Å². The van der Waals surface area contributed by atoms with Gasteiger partial charge in [0.05, 0.1) is 6.54 Å². The second-order valence-electron chi connectivity index (χ2n) is 6.14. The van der Waals surface area contributed by atoms with Gasteiger partial charge >= 0.3 is 0 Å². The van der Waals surface area contributed by atoms with Gasteiger partial charge in [-0.2, -0.15) is 0 Å². The van der Waals surface area contributed by atoms with Crippen molar-refractivity contribution in [1.82, 2.24) is 15.1 Å². The molecule has 2 unspecified atom stereocenters. The van der Waals surface area contributed by atoms with Crippen LogP contribution in [0.15, 0.2) is 0 Å². The highest BCUT2D eigenvalue weighted by atomic mass is 16.2. The van der Waals surface area contributed by atoms with Crippen molar-refractivity contribution in [3.8, 4) is 0 Å². The summed E-state index contributed by atoms with van der Waals surface area (Å²) in [5, 5.41) is 3.49.